The van der Waals surface area contributed by atoms with Gasteiger partial charge in [0, 0.05) is 14.0 Å². The second-order valence-electron chi connectivity index (χ2n) is 15.0. The van der Waals surface area contributed by atoms with Gasteiger partial charge in [0.2, 0.25) is 0 Å². The molecule has 0 spiro atoms. The van der Waals surface area contributed by atoms with Gasteiger partial charge in [0.1, 0.15) is 18.3 Å². The molecule has 12 heteroatoms. The van der Waals surface area contributed by atoms with E-state index in [9.17, 15) is 19.2 Å². The van der Waals surface area contributed by atoms with Crippen molar-refractivity contribution in [1.29, 1.82) is 0 Å². The molecule has 4 fully saturated rings. The highest BCUT2D eigenvalue weighted by molar-refractivity contribution is 5.66. The molecule has 4 aliphatic carbocycles. The fourth-order valence-corrected chi connectivity index (χ4v) is 8.12. The summed E-state index contributed by atoms with van der Waals surface area (Å²) in [7, 11) is 1.77. The average molecular weight is 711 g/mol. The molecule has 0 amide bonds. The molecule has 0 radical (unpaired) electrons. The standard InChI is InChI=1S/C38H62O12/c1-27(39)48-33-13-5-29(6-14-33)19-23-44-36(40)45-24-20-30-7-15-34(16-8-30)49-38(42)47-26-22-31-9-17-35(18-10-31)50-37(41)46-25-21-28-3-11-32(43-2)12-4-28/h28-35H,3-26H2,1-2H3. The van der Waals surface area contributed by atoms with E-state index in [1.807, 2.05) is 0 Å². The summed E-state index contributed by atoms with van der Waals surface area (Å²) in [6.07, 6.45) is 16.4. The minimum Gasteiger partial charge on any atom is -0.463 e. The predicted molar refractivity (Wildman–Crippen MR) is 182 cm³/mol. The van der Waals surface area contributed by atoms with Crippen LogP contribution in [0.3, 0.4) is 0 Å². The summed E-state index contributed by atoms with van der Waals surface area (Å²) in [5.74, 6) is 1.68. The molecule has 4 rings (SSSR count). The monoisotopic (exact) mass is 710 g/mol. The predicted octanol–water partition coefficient (Wildman–Crippen LogP) is 8.45. The van der Waals surface area contributed by atoms with Gasteiger partial charge in [-0.25, -0.2) is 14.4 Å². The van der Waals surface area contributed by atoms with Crippen LogP contribution in [-0.2, 0) is 42.7 Å². The van der Waals surface area contributed by atoms with Crippen molar-refractivity contribution in [2.24, 2.45) is 23.7 Å². The third-order valence-corrected chi connectivity index (χ3v) is 11.4. The molecule has 0 aromatic carbocycles. The summed E-state index contributed by atoms with van der Waals surface area (Å²) in [5, 5.41) is 0. The zero-order chi connectivity index (χ0) is 35.6. The second-order valence-corrected chi connectivity index (χ2v) is 15.0. The maximum atomic E-state index is 12.3. The molecule has 286 valence electrons. The van der Waals surface area contributed by atoms with Crippen LogP contribution in [-0.4, -0.2) is 82.4 Å². The largest absolute Gasteiger partial charge is 0.508 e. The lowest BCUT2D eigenvalue weighted by Gasteiger charge is -2.29. The molecule has 0 saturated heterocycles. The van der Waals surface area contributed by atoms with Gasteiger partial charge in [-0.1, -0.05) is 0 Å². The molecule has 0 unspecified atom stereocenters. The van der Waals surface area contributed by atoms with E-state index >= 15 is 0 Å². The maximum Gasteiger partial charge on any atom is 0.508 e. The number of carbonyl (C=O) groups excluding carboxylic acids is 4. The van der Waals surface area contributed by atoms with E-state index in [1.165, 1.54) is 6.92 Å². The van der Waals surface area contributed by atoms with Crippen LogP contribution in [0.2, 0.25) is 0 Å². The first-order valence-corrected chi connectivity index (χ1v) is 19.4. The van der Waals surface area contributed by atoms with Gasteiger partial charge in [-0.05, 0) is 152 Å². The summed E-state index contributed by atoms with van der Waals surface area (Å²) in [6.45, 7) is 2.83. The molecule has 0 aromatic rings. The molecule has 50 heavy (non-hydrogen) atoms. The Morgan fingerprint density at radius 1 is 0.400 bits per heavy atom. The Hall–Kier alpha value is -2.76. The molecule has 4 saturated carbocycles. The Labute approximate surface area is 298 Å². The highest BCUT2D eigenvalue weighted by atomic mass is 16.7. The Balaban J connectivity index is 0.932. The third kappa shape index (κ3) is 15.6. The van der Waals surface area contributed by atoms with Crippen molar-refractivity contribution in [1.82, 2.24) is 0 Å². The summed E-state index contributed by atoms with van der Waals surface area (Å²) >= 11 is 0. The van der Waals surface area contributed by atoms with E-state index in [1.54, 1.807) is 7.11 Å². The summed E-state index contributed by atoms with van der Waals surface area (Å²) in [6, 6.07) is 0. The van der Waals surface area contributed by atoms with E-state index in [-0.39, 0.29) is 24.3 Å². The van der Waals surface area contributed by atoms with Crippen LogP contribution in [0.4, 0.5) is 14.4 Å². The average Bonchev–Trinajstić information content (AvgIpc) is 3.10. The van der Waals surface area contributed by atoms with Crippen molar-refractivity contribution in [3.8, 4) is 0 Å². The molecule has 0 bridgehead atoms. The zero-order valence-electron chi connectivity index (χ0n) is 30.5. The normalized spacial score (nSPS) is 30.0. The van der Waals surface area contributed by atoms with E-state index < -0.39 is 18.5 Å². The van der Waals surface area contributed by atoms with Gasteiger partial charge in [-0.15, -0.1) is 0 Å². The number of methoxy groups -OCH3 is 1. The van der Waals surface area contributed by atoms with Crippen molar-refractivity contribution in [3.05, 3.63) is 0 Å². The molecule has 12 nitrogen and oxygen atoms in total. The van der Waals surface area contributed by atoms with Gasteiger partial charge in [-0.2, -0.15) is 0 Å². The van der Waals surface area contributed by atoms with Gasteiger partial charge in [-0.3, -0.25) is 4.79 Å². The molecule has 0 atom stereocenters. The minimum atomic E-state index is -0.623. The lowest BCUT2D eigenvalue weighted by Crippen LogP contribution is -2.27. The molecule has 0 aromatic heterocycles. The van der Waals surface area contributed by atoms with Crippen LogP contribution in [0.25, 0.3) is 0 Å². The van der Waals surface area contributed by atoms with E-state index in [4.69, 9.17) is 37.9 Å². The zero-order valence-corrected chi connectivity index (χ0v) is 30.5. The van der Waals surface area contributed by atoms with Gasteiger partial charge in [0.25, 0.3) is 0 Å². The molecular formula is C38H62O12. The molecule has 0 aliphatic heterocycles. The SMILES string of the molecule is COC1CCC(CCOC(=O)OC2CCC(CCOC(=O)OC3CCC(CCOC(=O)OCCC4CCC(OC(C)=O)CC4)CC3)CC2)CC1. The highest BCUT2D eigenvalue weighted by Crippen LogP contribution is 2.32. The first-order chi connectivity index (χ1) is 24.2. The molecule has 0 N–H and O–H groups in total. The lowest BCUT2D eigenvalue weighted by molar-refractivity contribution is -0.148. The smallest absolute Gasteiger partial charge is 0.463 e. The van der Waals surface area contributed by atoms with Crippen LogP contribution >= 0.6 is 0 Å². The van der Waals surface area contributed by atoms with Gasteiger partial charge in [0.15, 0.2) is 0 Å². The van der Waals surface area contributed by atoms with Crippen LogP contribution in [0.5, 0.6) is 0 Å². The summed E-state index contributed by atoms with van der Waals surface area (Å²) < 4.78 is 43.1. The Bertz CT molecular complexity index is 1000. The quantitative estimate of drug-likeness (QED) is 0.112. The Morgan fingerprint density at radius 2 is 0.680 bits per heavy atom. The van der Waals surface area contributed by atoms with Crippen molar-refractivity contribution in [2.75, 3.05) is 33.5 Å². The molecular weight excluding hydrogens is 648 g/mol. The number of rotatable bonds is 16. The third-order valence-electron chi connectivity index (χ3n) is 11.4. The number of ether oxygens (including phenoxy) is 8. The minimum absolute atomic E-state index is 0.0201. The first-order valence-electron chi connectivity index (χ1n) is 19.4. The number of carbonyl (C=O) groups is 4. The highest BCUT2D eigenvalue weighted by Gasteiger charge is 2.28. The van der Waals surface area contributed by atoms with Crippen LogP contribution in [0, 0.1) is 23.7 Å². The van der Waals surface area contributed by atoms with Crippen molar-refractivity contribution >= 4 is 24.4 Å². The fourth-order valence-electron chi connectivity index (χ4n) is 8.12. The second kappa shape index (κ2) is 22.2. The fraction of sp³-hybridized carbons (Fsp3) is 0.895. The lowest BCUT2D eigenvalue weighted by atomic mass is 9.85. The first kappa shape index (κ1) is 40.0. The van der Waals surface area contributed by atoms with E-state index in [0.717, 1.165) is 128 Å². The van der Waals surface area contributed by atoms with Crippen LogP contribution in [0.15, 0.2) is 0 Å². The van der Waals surface area contributed by atoms with Gasteiger partial charge in [0.05, 0.1) is 32.5 Å². The Kier molecular flexibility index (Phi) is 17.8. The van der Waals surface area contributed by atoms with Crippen molar-refractivity contribution < 1.29 is 57.1 Å². The van der Waals surface area contributed by atoms with Crippen LogP contribution < -0.4 is 0 Å². The van der Waals surface area contributed by atoms with E-state index in [2.05, 4.69) is 0 Å². The summed E-state index contributed by atoms with van der Waals surface area (Å²) in [5.41, 5.74) is 0. The maximum absolute atomic E-state index is 12.3. The van der Waals surface area contributed by atoms with Gasteiger partial charge < -0.3 is 37.9 Å². The van der Waals surface area contributed by atoms with E-state index in [0.29, 0.717) is 56.2 Å². The van der Waals surface area contributed by atoms with Crippen molar-refractivity contribution in [2.45, 2.75) is 160 Å². The van der Waals surface area contributed by atoms with Gasteiger partial charge >= 0.3 is 24.4 Å². The number of hydrogen-bond acceptors (Lipinski definition) is 12. The molecule has 0 heterocycles. The molecule has 4 aliphatic rings. The number of hydrogen-bond donors (Lipinski definition) is 0. The topological polar surface area (TPSA) is 142 Å². The number of esters is 1. The van der Waals surface area contributed by atoms with Crippen LogP contribution in [0.1, 0.15) is 135 Å². The van der Waals surface area contributed by atoms with Crippen molar-refractivity contribution in [3.63, 3.8) is 0 Å². The Morgan fingerprint density at radius 3 is 0.980 bits per heavy atom. The summed E-state index contributed by atoms with van der Waals surface area (Å²) in [4.78, 5) is 47.6.